The highest BCUT2D eigenvalue weighted by atomic mass is 35.5. The molecule has 0 saturated heterocycles. The largest absolute Gasteiger partial charge is 0.358 e. The van der Waals surface area contributed by atoms with Gasteiger partial charge in [0.15, 0.2) is 5.16 Å². The first kappa shape index (κ1) is 20.4. The monoisotopic (exact) mass is 415 g/mol. The maximum absolute atomic E-state index is 13.2. The first-order chi connectivity index (χ1) is 13.4. The van der Waals surface area contributed by atoms with E-state index in [0.29, 0.717) is 32.7 Å². The number of hydrogen-bond donors (Lipinski definition) is 1. The van der Waals surface area contributed by atoms with Crippen molar-refractivity contribution in [2.45, 2.75) is 31.3 Å². The fraction of sp³-hybridized carbons (Fsp3) is 0.286. The van der Waals surface area contributed by atoms with Crippen molar-refractivity contribution >= 4 is 40.2 Å². The number of hydrogen-bond acceptors (Lipinski definition) is 4. The molecule has 2 aromatic carbocycles. The third kappa shape index (κ3) is 4.23. The molecule has 0 radical (unpaired) electrons. The second-order valence-corrected chi connectivity index (χ2v) is 7.94. The van der Waals surface area contributed by atoms with Crippen molar-refractivity contribution in [3.63, 3.8) is 0 Å². The Morgan fingerprint density at radius 3 is 2.61 bits per heavy atom. The number of nitrogens with one attached hydrogen (secondary N) is 1. The number of fused-ring (bicyclic) bond motifs is 1. The molecule has 146 valence electrons. The Bertz CT molecular complexity index is 1060. The van der Waals surface area contributed by atoms with Crippen LogP contribution in [-0.4, -0.2) is 28.3 Å². The predicted molar refractivity (Wildman–Crippen MR) is 116 cm³/mol. The third-order valence-corrected chi connectivity index (χ3v) is 5.92. The number of rotatable bonds is 6. The zero-order chi connectivity index (χ0) is 20.3. The summed E-state index contributed by atoms with van der Waals surface area (Å²) in [5.74, 6) is 0.489. The van der Waals surface area contributed by atoms with Crippen LogP contribution >= 0.6 is 23.4 Å². The van der Waals surface area contributed by atoms with Gasteiger partial charge in [-0.2, -0.15) is 0 Å². The molecule has 1 aromatic heterocycles. The first-order valence-electron chi connectivity index (χ1n) is 9.10. The Labute approximate surface area is 173 Å². The van der Waals surface area contributed by atoms with Gasteiger partial charge >= 0.3 is 0 Å². The van der Waals surface area contributed by atoms with Crippen LogP contribution in [0, 0.1) is 0 Å². The highest BCUT2D eigenvalue weighted by Gasteiger charge is 2.15. The molecule has 0 aliphatic rings. The van der Waals surface area contributed by atoms with Gasteiger partial charge in [0.2, 0.25) is 5.91 Å². The van der Waals surface area contributed by atoms with Crippen molar-refractivity contribution in [2.75, 3.05) is 12.8 Å². The van der Waals surface area contributed by atoms with Crippen LogP contribution in [0.3, 0.4) is 0 Å². The molecular formula is C21H22ClN3O2S. The smallest absolute Gasteiger partial charge is 0.266 e. The highest BCUT2D eigenvalue weighted by Crippen LogP contribution is 2.25. The SMILES string of the molecule is CCC(C)c1ccc(-n2c(SCC(=O)NC)nc3ccc(Cl)cc3c2=O)cc1. The van der Waals surface area contributed by atoms with E-state index in [4.69, 9.17) is 11.6 Å². The summed E-state index contributed by atoms with van der Waals surface area (Å²) in [5.41, 5.74) is 2.28. The molecule has 3 rings (SSSR count). The number of benzene rings is 2. The molecule has 0 spiro atoms. The Morgan fingerprint density at radius 1 is 1.25 bits per heavy atom. The summed E-state index contributed by atoms with van der Waals surface area (Å²) in [7, 11) is 1.58. The highest BCUT2D eigenvalue weighted by molar-refractivity contribution is 7.99. The molecule has 1 unspecified atom stereocenters. The van der Waals surface area contributed by atoms with E-state index < -0.39 is 0 Å². The van der Waals surface area contributed by atoms with Gasteiger partial charge in [-0.15, -0.1) is 0 Å². The van der Waals surface area contributed by atoms with Gasteiger partial charge in [-0.05, 0) is 48.2 Å². The maximum atomic E-state index is 13.2. The van der Waals surface area contributed by atoms with Crippen molar-refractivity contribution in [3.05, 3.63) is 63.4 Å². The molecular weight excluding hydrogens is 394 g/mol. The first-order valence-corrected chi connectivity index (χ1v) is 10.5. The summed E-state index contributed by atoms with van der Waals surface area (Å²) in [4.78, 5) is 29.6. The summed E-state index contributed by atoms with van der Waals surface area (Å²) < 4.78 is 1.55. The van der Waals surface area contributed by atoms with Crippen LogP contribution in [-0.2, 0) is 4.79 Å². The minimum absolute atomic E-state index is 0.130. The van der Waals surface area contributed by atoms with Crippen molar-refractivity contribution in [3.8, 4) is 5.69 Å². The molecule has 7 heteroatoms. The van der Waals surface area contributed by atoms with Crippen molar-refractivity contribution in [2.24, 2.45) is 0 Å². The zero-order valence-electron chi connectivity index (χ0n) is 16.0. The lowest BCUT2D eigenvalue weighted by Gasteiger charge is -2.15. The van der Waals surface area contributed by atoms with Crippen LogP contribution in [0.2, 0.25) is 5.02 Å². The molecule has 0 bridgehead atoms. The van der Waals surface area contributed by atoms with E-state index in [0.717, 1.165) is 6.42 Å². The molecule has 0 saturated carbocycles. The van der Waals surface area contributed by atoms with Gasteiger partial charge in [0, 0.05) is 12.1 Å². The lowest BCUT2D eigenvalue weighted by molar-refractivity contribution is -0.118. The van der Waals surface area contributed by atoms with E-state index in [9.17, 15) is 9.59 Å². The van der Waals surface area contributed by atoms with Gasteiger partial charge < -0.3 is 5.32 Å². The molecule has 1 amide bonds. The van der Waals surface area contributed by atoms with E-state index in [-0.39, 0.29) is 17.2 Å². The lowest BCUT2D eigenvalue weighted by atomic mass is 9.98. The zero-order valence-corrected chi connectivity index (χ0v) is 17.6. The minimum Gasteiger partial charge on any atom is -0.358 e. The van der Waals surface area contributed by atoms with Crippen LogP contribution in [0.15, 0.2) is 52.4 Å². The number of amides is 1. The molecule has 28 heavy (non-hydrogen) atoms. The minimum atomic E-state index is -0.205. The second-order valence-electron chi connectivity index (χ2n) is 6.56. The van der Waals surface area contributed by atoms with E-state index in [1.165, 1.54) is 17.3 Å². The van der Waals surface area contributed by atoms with Crippen LogP contribution in [0.1, 0.15) is 31.7 Å². The van der Waals surface area contributed by atoms with Crippen molar-refractivity contribution < 1.29 is 4.79 Å². The summed E-state index contributed by atoms with van der Waals surface area (Å²) >= 11 is 7.32. The third-order valence-electron chi connectivity index (χ3n) is 4.74. The van der Waals surface area contributed by atoms with Gasteiger partial charge in [-0.1, -0.05) is 49.3 Å². The summed E-state index contributed by atoms with van der Waals surface area (Å²) in [6, 6.07) is 13.0. The summed E-state index contributed by atoms with van der Waals surface area (Å²) in [5, 5.41) is 3.99. The number of carbonyl (C=O) groups excluding carboxylic acids is 1. The predicted octanol–water partition coefficient (Wildman–Crippen LogP) is 4.39. The van der Waals surface area contributed by atoms with E-state index in [2.05, 4.69) is 24.1 Å². The van der Waals surface area contributed by atoms with E-state index in [1.807, 2.05) is 24.3 Å². The Morgan fingerprint density at radius 2 is 1.96 bits per heavy atom. The van der Waals surface area contributed by atoms with Crippen molar-refractivity contribution in [1.82, 2.24) is 14.9 Å². The molecule has 1 atom stereocenters. The van der Waals surface area contributed by atoms with Gasteiger partial charge in [-0.3, -0.25) is 14.2 Å². The van der Waals surface area contributed by atoms with Crippen LogP contribution in [0.5, 0.6) is 0 Å². The molecule has 5 nitrogen and oxygen atoms in total. The number of halogens is 1. The number of nitrogens with zero attached hydrogens (tertiary/aromatic N) is 2. The fourth-order valence-electron chi connectivity index (χ4n) is 2.85. The molecule has 0 fully saturated rings. The average Bonchev–Trinajstić information content (AvgIpc) is 2.72. The van der Waals surface area contributed by atoms with Crippen LogP contribution < -0.4 is 10.9 Å². The number of thioether (sulfide) groups is 1. The molecule has 0 aliphatic heterocycles. The van der Waals surface area contributed by atoms with Gasteiger partial charge in [-0.25, -0.2) is 4.98 Å². The number of aromatic nitrogens is 2. The molecule has 0 aliphatic carbocycles. The molecule has 1 heterocycles. The normalized spacial score (nSPS) is 12.1. The lowest BCUT2D eigenvalue weighted by Crippen LogP contribution is -2.24. The summed E-state index contributed by atoms with van der Waals surface area (Å²) in [6.45, 7) is 4.32. The van der Waals surface area contributed by atoms with Gasteiger partial charge in [0.25, 0.3) is 5.56 Å². The van der Waals surface area contributed by atoms with Gasteiger partial charge in [0.1, 0.15) is 0 Å². The maximum Gasteiger partial charge on any atom is 0.266 e. The average molecular weight is 416 g/mol. The van der Waals surface area contributed by atoms with Crippen LogP contribution in [0.4, 0.5) is 0 Å². The second kappa shape index (κ2) is 8.80. The van der Waals surface area contributed by atoms with Gasteiger partial charge in [0.05, 0.1) is 22.3 Å². The Hall–Kier alpha value is -2.31. The van der Waals surface area contributed by atoms with Crippen molar-refractivity contribution in [1.29, 1.82) is 0 Å². The Balaban J connectivity index is 2.15. The molecule has 3 aromatic rings. The number of carbonyl (C=O) groups is 1. The quantitative estimate of drug-likeness (QED) is 0.479. The van der Waals surface area contributed by atoms with E-state index in [1.54, 1.807) is 29.8 Å². The van der Waals surface area contributed by atoms with E-state index >= 15 is 0 Å². The van der Waals surface area contributed by atoms with Crippen LogP contribution in [0.25, 0.3) is 16.6 Å². The Kier molecular flexibility index (Phi) is 6.42. The fourth-order valence-corrected chi connectivity index (χ4v) is 3.91. The standard InChI is InChI=1S/C21H22ClN3O2S/c1-4-13(2)14-5-8-16(9-6-14)25-20(27)17-11-15(22)7-10-18(17)24-21(25)28-12-19(26)23-3/h5-11,13H,4,12H2,1-3H3,(H,23,26). The topological polar surface area (TPSA) is 64.0 Å². The summed E-state index contributed by atoms with van der Waals surface area (Å²) in [6.07, 6.45) is 1.04. The molecule has 1 N–H and O–H groups in total.